The molecule has 0 aliphatic rings. The molecule has 0 aromatic heterocycles. The van der Waals surface area contributed by atoms with Gasteiger partial charge in [0.1, 0.15) is 0 Å². The summed E-state index contributed by atoms with van der Waals surface area (Å²) in [7, 11) is 0. The first-order chi connectivity index (χ1) is 10.1. The second-order valence-corrected chi connectivity index (χ2v) is 5.29. The Bertz CT molecular complexity index is 577. The number of carbonyl (C=O) groups excluding carboxylic acids is 1. The molecule has 0 bridgehead atoms. The normalized spacial score (nSPS) is 12.8. The molecule has 0 spiro atoms. The second-order valence-electron chi connectivity index (χ2n) is 5.29. The van der Waals surface area contributed by atoms with Crippen molar-refractivity contribution in [2.75, 3.05) is 5.32 Å². The van der Waals surface area contributed by atoms with Crippen molar-refractivity contribution >= 4 is 11.6 Å². The van der Waals surface area contributed by atoms with Gasteiger partial charge in [0.25, 0.3) is 0 Å². The van der Waals surface area contributed by atoms with Crippen molar-refractivity contribution in [3.8, 4) is 6.07 Å². The first kappa shape index (κ1) is 18.0. The molecular weight excluding hydrogens is 297 g/mol. The number of carbonyl (C=O) groups is 1. The zero-order valence-electron chi connectivity index (χ0n) is 12.2. The van der Waals surface area contributed by atoms with Crippen molar-refractivity contribution in [2.45, 2.75) is 39.0 Å². The molecule has 1 rings (SSSR count). The fourth-order valence-corrected chi connectivity index (χ4v) is 1.83. The zero-order valence-corrected chi connectivity index (χ0v) is 12.2. The lowest BCUT2D eigenvalue weighted by Gasteiger charge is -2.15. The lowest BCUT2D eigenvalue weighted by atomic mass is 9.96. The number of aliphatic hydroxyl groups excluding tert-OH is 1. The third-order valence-electron chi connectivity index (χ3n) is 3.22. The van der Waals surface area contributed by atoms with E-state index in [1.165, 1.54) is 18.2 Å². The van der Waals surface area contributed by atoms with Gasteiger partial charge in [0.2, 0.25) is 0 Å². The third-order valence-corrected chi connectivity index (χ3v) is 3.22. The quantitative estimate of drug-likeness (QED) is 0.877. The molecule has 1 unspecified atom stereocenters. The van der Waals surface area contributed by atoms with Gasteiger partial charge in [0.15, 0.2) is 0 Å². The maximum atomic E-state index is 12.2. The molecule has 4 nitrogen and oxygen atoms in total. The van der Waals surface area contributed by atoms with Crippen molar-refractivity contribution in [1.29, 1.82) is 5.26 Å². The predicted molar refractivity (Wildman–Crippen MR) is 75.0 cm³/mol. The van der Waals surface area contributed by atoms with Crippen LogP contribution in [0.25, 0.3) is 0 Å². The maximum absolute atomic E-state index is 12.2. The topological polar surface area (TPSA) is 73.1 Å². The van der Waals surface area contributed by atoms with E-state index in [0.717, 1.165) is 0 Å². The number of anilines is 1. The first-order valence-corrected chi connectivity index (χ1v) is 6.74. The Morgan fingerprint density at radius 3 is 2.55 bits per heavy atom. The van der Waals surface area contributed by atoms with Crippen LogP contribution in [0.1, 0.15) is 31.4 Å². The Morgan fingerprint density at radius 2 is 2.05 bits per heavy atom. The minimum absolute atomic E-state index is 0.0321. The number of amides is 1. The van der Waals surface area contributed by atoms with Crippen LogP contribution in [0.3, 0.4) is 0 Å². The van der Waals surface area contributed by atoms with E-state index >= 15 is 0 Å². The Hall–Kier alpha value is -2.07. The van der Waals surface area contributed by atoms with Crippen LogP contribution in [0.5, 0.6) is 0 Å². The van der Waals surface area contributed by atoms with Gasteiger partial charge in [-0.3, -0.25) is 4.79 Å². The lowest BCUT2D eigenvalue weighted by molar-refractivity contribution is -0.167. The van der Waals surface area contributed by atoms with Crippen LogP contribution in [0.15, 0.2) is 18.2 Å². The molecule has 120 valence electrons. The first-order valence-electron chi connectivity index (χ1n) is 6.74. The van der Waals surface area contributed by atoms with Crippen LogP contribution < -0.4 is 5.32 Å². The van der Waals surface area contributed by atoms with E-state index in [2.05, 4.69) is 0 Å². The average molecular weight is 314 g/mol. The number of nitrogens with one attached hydrogen (secondary N) is 1. The molecule has 0 radical (unpaired) electrons. The Morgan fingerprint density at radius 1 is 1.41 bits per heavy atom. The van der Waals surface area contributed by atoms with E-state index in [1.807, 2.05) is 19.9 Å². The molecular formula is C15H17F3N2O2. The van der Waals surface area contributed by atoms with Gasteiger partial charge in [-0.1, -0.05) is 13.8 Å². The highest BCUT2D eigenvalue weighted by atomic mass is 19.4. The Kier molecular flexibility index (Phi) is 5.94. The molecule has 2 N–H and O–H groups in total. The van der Waals surface area contributed by atoms with Crippen LogP contribution in [-0.4, -0.2) is 23.3 Å². The van der Waals surface area contributed by atoms with Crippen molar-refractivity contribution in [3.05, 3.63) is 29.3 Å². The average Bonchev–Trinajstić information content (AvgIpc) is 2.43. The molecule has 1 aromatic rings. The Labute approximate surface area is 126 Å². The number of hydrogen-bond acceptors (Lipinski definition) is 3. The van der Waals surface area contributed by atoms with Gasteiger partial charge in [-0.05, 0) is 42.5 Å². The number of nitriles is 1. The number of aryl methyl sites for hydroxylation is 1. The van der Waals surface area contributed by atoms with Gasteiger partial charge in [-0.25, -0.2) is 0 Å². The maximum Gasteiger partial charge on any atom is 0.471 e. The van der Waals surface area contributed by atoms with E-state index in [-0.39, 0.29) is 11.6 Å². The van der Waals surface area contributed by atoms with Crippen molar-refractivity contribution in [2.24, 2.45) is 5.92 Å². The summed E-state index contributed by atoms with van der Waals surface area (Å²) in [6, 6.07) is 5.86. The molecule has 1 aromatic carbocycles. The highest BCUT2D eigenvalue weighted by molar-refractivity contribution is 5.95. The minimum Gasteiger partial charge on any atom is -0.393 e. The summed E-state index contributed by atoms with van der Waals surface area (Å²) in [5.41, 5.74) is 0.763. The van der Waals surface area contributed by atoms with Crippen LogP contribution in [0, 0.1) is 17.2 Å². The van der Waals surface area contributed by atoms with E-state index in [9.17, 15) is 23.1 Å². The molecule has 1 atom stereocenters. The summed E-state index contributed by atoms with van der Waals surface area (Å²) in [5.74, 6) is -2.02. The number of hydrogen-bond donors (Lipinski definition) is 2. The van der Waals surface area contributed by atoms with Crippen molar-refractivity contribution in [3.63, 3.8) is 0 Å². The van der Waals surface area contributed by atoms with Crippen LogP contribution in [-0.2, 0) is 11.2 Å². The van der Waals surface area contributed by atoms with Gasteiger partial charge < -0.3 is 10.4 Å². The van der Waals surface area contributed by atoms with E-state index in [4.69, 9.17) is 5.26 Å². The molecule has 1 amide bonds. The molecule has 0 aliphatic heterocycles. The van der Waals surface area contributed by atoms with E-state index in [0.29, 0.717) is 24.0 Å². The summed E-state index contributed by atoms with van der Waals surface area (Å²) in [4.78, 5) is 10.9. The highest BCUT2D eigenvalue weighted by Crippen LogP contribution is 2.22. The molecule has 7 heteroatoms. The SMILES string of the molecule is CC(C)C(O)CCc1cc(NC(=O)C(F)(F)F)ccc1C#N. The molecule has 0 fully saturated rings. The smallest absolute Gasteiger partial charge is 0.393 e. The molecule has 0 aliphatic carbocycles. The van der Waals surface area contributed by atoms with Gasteiger partial charge in [-0.2, -0.15) is 18.4 Å². The molecule has 22 heavy (non-hydrogen) atoms. The summed E-state index contributed by atoms with van der Waals surface area (Å²) in [6.45, 7) is 3.69. The number of aliphatic hydroxyl groups is 1. The lowest BCUT2D eigenvalue weighted by Crippen LogP contribution is -2.29. The van der Waals surface area contributed by atoms with E-state index in [1.54, 1.807) is 5.32 Å². The van der Waals surface area contributed by atoms with Crippen LogP contribution in [0.4, 0.5) is 18.9 Å². The highest BCUT2D eigenvalue weighted by Gasteiger charge is 2.38. The standard InChI is InChI=1S/C15H17F3N2O2/c1-9(2)13(21)6-4-10-7-12(5-3-11(10)8-19)20-14(22)15(16,17)18/h3,5,7,9,13,21H,4,6H2,1-2H3,(H,20,22). The second kappa shape index (κ2) is 7.27. The number of nitrogens with zero attached hydrogens (tertiary/aromatic N) is 1. The molecule has 0 heterocycles. The third kappa shape index (κ3) is 5.04. The van der Waals surface area contributed by atoms with Gasteiger partial charge >= 0.3 is 12.1 Å². The number of alkyl halides is 3. The summed E-state index contributed by atoms with van der Waals surface area (Å²) in [6.07, 6.45) is -4.83. The van der Waals surface area contributed by atoms with Gasteiger partial charge in [-0.15, -0.1) is 0 Å². The summed E-state index contributed by atoms with van der Waals surface area (Å²) in [5, 5.41) is 20.5. The minimum atomic E-state index is -4.97. The largest absolute Gasteiger partial charge is 0.471 e. The molecule has 0 saturated carbocycles. The van der Waals surface area contributed by atoms with Gasteiger partial charge in [0, 0.05) is 5.69 Å². The number of rotatable bonds is 5. The van der Waals surface area contributed by atoms with Crippen molar-refractivity contribution in [1.82, 2.24) is 0 Å². The van der Waals surface area contributed by atoms with Crippen molar-refractivity contribution < 1.29 is 23.1 Å². The van der Waals surface area contributed by atoms with E-state index < -0.39 is 18.2 Å². The van der Waals surface area contributed by atoms with Gasteiger partial charge in [0.05, 0.1) is 17.7 Å². The number of benzene rings is 1. The monoisotopic (exact) mass is 314 g/mol. The molecule has 0 saturated heterocycles. The predicted octanol–water partition coefficient (Wildman–Crippen LogP) is 3.01. The zero-order chi connectivity index (χ0) is 16.9. The van der Waals surface area contributed by atoms with Crippen LogP contribution >= 0.6 is 0 Å². The summed E-state index contributed by atoms with van der Waals surface area (Å²) < 4.78 is 36.7. The van der Waals surface area contributed by atoms with Crippen LogP contribution in [0.2, 0.25) is 0 Å². The Balaban J connectivity index is 2.90. The number of halogens is 3. The fraction of sp³-hybridized carbons (Fsp3) is 0.467. The fourth-order valence-electron chi connectivity index (χ4n) is 1.83. The summed E-state index contributed by atoms with van der Waals surface area (Å²) >= 11 is 0.